The van der Waals surface area contributed by atoms with E-state index in [0.717, 1.165) is 52.5 Å². The second-order valence-electron chi connectivity index (χ2n) is 4.97. The molecule has 0 aromatic heterocycles. The van der Waals surface area contributed by atoms with Crippen LogP contribution >= 0.6 is 44.3 Å². The number of halogens is 3. The summed E-state index contributed by atoms with van der Waals surface area (Å²) >= 11 is 7.02. The van der Waals surface area contributed by atoms with Gasteiger partial charge in [0.25, 0.3) is 0 Å². The normalized spacial score (nSPS) is 22.2. The van der Waals surface area contributed by atoms with E-state index < -0.39 is 0 Å². The Morgan fingerprint density at radius 2 is 1.90 bits per heavy atom. The average Bonchev–Trinajstić information content (AvgIpc) is 2.37. The third-order valence-electron chi connectivity index (χ3n) is 3.57. The molecular formula is C14H20Br2ClNO2. The third-order valence-corrected chi connectivity index (χ3v) is 4.61. The smallest absolute Gasteiger partial charge is 0.137 e. The van der Waals surface area contributed by atoms with Crippen LogP contribution in [0.15, 0.2) is 21.1 Å². The summed E-state index contributed by atoms with van der Waals surface area (Å²) in [5, 5.41) is 13.1. The molecule has 3 nitrogen and oxygen atoms in total. The Balaban J connectivity index is 0.00000200. The van der Waals surface area contributed by atoms with E-state index in [2.05, 4.69) is 43.2 Å². The first-order valence-electron chi connectivity index (χ1n) is 6.53. The summed E-state index contributed by atoms with van der Waals surface area (Å²) in [5.74, 6) is 0.881. The maximum Gasteiger partial charge on any atom is 0.137 e. The second kappa shape index (κ2) is 8.59. The zero-order valence-corrected chi connectivity index (χ0v) is 15.4. The molecule has 0 heterocycles. The van der Waals surface area contributed by atoms with Crippen LogP contribution < -0.4 is 10.1 Å². The highest BCUT2D eigenvalue weighted by atomic mass is 79.9. The Morgan fingerprint density at radius 3 is 2.50 bits per heavy atom. The summed E-state index contributed by atoms with van der Waals surface area (Å²) in [5.41, 5.74) is 1.13. The summed E-state index contributed by atoms with van der Waals surface area (Å²) in [6.45, 7) is 0.780. The summed E-state index contributed by atoms with van der Waals surface area (Å²) in [7, 11) is 1.69. The van der Waals surface area contributed by atoms with Crippen molar-refractivity contribution in [1.29, 1.82) is 0 Å². The van der Waals surface area contributed by atoms with Gasteiger partial charge in [-0.15, -0.1) is 12.4 Å². The summed E-state index contributed by atoms with van der Waals surface area (Å²) in [4.78, 5) is 0. The number of aliphatic hydroxyl groups is 1. The Hall–Kier alpha value is 0.190. The molecule has 1 saturated carbocycles. The number of rotatable bonds is 4. The van der Waals surface area contributed by atoms with Crippen LogP contribution in [0.25, 0.3) is 0 Å². The highest BCUT2D eigenvalue weighted by Gasteiger charge is 2.19. The molecule has 0 aliphatic heterocycles. The van der Waals surface area contributed by atoms with Crippen LogP contribution in [0.1, 0.15) is 31.2 Å². The fourth-order valence-corrected chi connectivity index (χ4v) is 3.98. The minimum Gasteiger partial charge on any atom is -0.495 e. The monoisotopic (exact) mass is 427 g/mol. The van der Waals surface area contributed by atoms with Gasteiger partial charge >= 0.3 is 0 Å². The zero-order chi connectivity index (χ0) is 13.8. The number of aliphatic hydroxyl groups excluding tert-OH is 1. The van der Waals surface area contributed by atoms with Gasteiger partial charge in [0.2, 0.25) is 0 Å². The first-order chi connectivity index (χ1) is 9.10. The summed E-state index contributed by atoms with van der Waals surface area (Å²) in [6.07, 6.45) is 3.78. The predicted molar refractivity (Wildman–Crippen MR) is 90.7 cm³/mol. The van der Waals surface area contributed by atoms with Crippen molar-refractivity contribution in [3.8, 4) is 5.75 Å². The molecule has 0 radical (unpaired) electrons. The largest absolute Gasteiger partial charge is 0.495 e. The van der Waals surface area contributed by atoms with Crippen LogP contribution in [0.2, 0.25) is 0 Å². The van der Waals surface area contributed by atoms with Gasteiger partial charge < -0.3 is 15.2 Å². The number of nitrogens with one attached hydrogen (secondary N) is 1. The summed E-state index contributed by atoms with van der Waals surface area (Å²) in [6, 6.07) is 4.55. The standard InChI is InChI=1S/C14H19Br2NO2.ClH/c1-19-14-9(6-10(15)7-13(14)16)8-17-11-2-4-12(18)5-3-11;/h6-7,11-12,17-18H,2-5,8H2,1H3;1H. The van der Waals surface area contributed by atoms with Crippen LogP contribution in [0, 0.1) is 0 Å². The molecule has 2 rings (SSSR count). The minimum absolute atomic E-state index is 0. The van der Waals surface area contributed by atoms with Crippen LogP contribution in [-0.4, -0.2) is 24.4 Å². The molecule has 114 valence electrons. The molecule has 1 aromatic carbocycles. The zero-order valence-electron chi connectivity index (χ0n) is 11.4. The van der Waals surface area contributed by atoms with Crippen LogP contribution in [0.5, 0.6) is 5.75 Å². The molecule has 0 spiro atoms. The van der Waals surface area contributed by atoms with E-state index >= 15 is 0 Å². The molecule has 0 amide bonds. The lowest BCUT2D eigenvalue weighted by Crippen LogP contribution is -2.34. The van der Waals surface area contributed by atoms with Crippen molar-refractivity contribution in [2.24, 2.45) is 0 Å². The molecular weight excluding hydrogens is 409 g/mol. The quantitative estimate of drug-likeness (QED) is 0.759. The van der Waals surface area contributed by atoms with Crippen molar-refractivity contribution in [2.75, 3.05) is 7.11 Å². The van der Waals surface area contributed by atoms with Gasteiger partial charge in [-0.1, -0.05) is 15.9 Å². The first-order valence-corrected chi connectivity index (χ1v) is 8.12. The van der Waals surface area contributed by atoms with Gasteiger partial charge in [0.1, 0.15) is 5.75 Å². The molecule has 2 N–H and O–H groups in total. The van der Waals surface area contributed by atoms with Gasteiger partial charge in [0, 0.05) is 22.6 Å². The van der Waals surface area contributed by atoms with Crippen LogP contribution in [0.3, 0.4) is 0 Å². The number of hydrogen-bond acceptors (Lipinski definition) is 3. The number of hydrogen-bond donors (Lipinski definition) is 2. The second-order valence-corrected chi connectivity index (χ2v) is 6.74. The van der Waals surface area contributed by atoms with Crippen molar-refractivity contribution in [2.45, 2.75) is 44.4 Å². The van der Waals surface area contributed by atoms with Crippen molar-refractivity contribution < 1.29 is 9.84 Å². The molecule has 20 heavy (non-hydrogen) atoms. The fourth-order valence-electron chi connectivity index (χ4n) is 2.51. The van der Waals surface area contributed by atoms with Crippen molar-refractivity contribution in [3.05, 3.63) is 26.6 Å². The molecule has 1 fully saturated rings. The molecule has 1 aliphatic carbocycles. The third kappa shape index (κ3) is 4.88. The van der Waals surface area contributed by atoms with Gasteiger partial charge in [0.05, 0.1) is 17.7 Å². The Bertz CT molecular complexity index is 437. The minimum atomic E-state index is -0.104. The van der Waals surface area contributed by atoms with Crippen molar-refractivity contribution >= 4 is 44.3 Å². The van der Waals surface area contributed by atoms with E-state index in [-0.39, 0.29) is 18.5 Å². The van der Waals surface area contributed by atoms with E-state index in [1.54, 1.807) is 7.11 Å². The van der Waals surface area contributed by atoms with Crippen LogP contribution in [-0.2, 0) is 6.54 Å². The molecule has 1 aliphatic rings. The molecule has 0 bridgehead atoms. The summed E-state index contributed by atoms with van der Waals surface area (Å²) < 4.78 is 7.44. The van der Waals surface area contributed by atoms with E-state index in [1.165, 1.54) is 0 Å². The Kier molecular flexibility index (Phi) is 7.83. The molecule has 0 atom stereocenters. The van der Waals surface area contributed by atoms with Gasteiger partial charge in [-0.25, -0.2) is 0 Å². The molecule has 1 aromatic rings. The Labute approximate surface area is 143 Å². The number of benzene rings is 1. The first kappa shape index (κ1) is 18.2. The number of ether oxygens (including phenoxy) is 1. The van der Waals surface area contributed by atoms with Gasteiger partial charge in [-0.2, -0.15) is 0 Å². The Morgan fingerprint density at radius 1 is 1.25 bits per heavy atom. The van der Waals surface area contributed by atoms with E-state index in [4.69, 9.17) is 4.74 Å². The lowest BCUT2D eigenvalue weighted by Gasteiger charge is -2.26. The predicted octanol–water partition coefficient (Wildman–Crippen LogP) is 4.04. The van der Waals surface area contributed by atoms with E-state index in [9.17, 15) is 5.11 Å². The van der Waals surface area contributed by atoms with Crippen molar-refractivity contribution in [1.82, 2.24) is 5.32 Å². The van der Waals surface area contributed by atoms with Crippen molar-refractivity contribution in [3.63, 3.8) is 0 Å². The topological polar surface area (TPSA) is 41.5 Å². The lowest BCUT2D eigenvalue weighted by molar-refractivity contribution is 0.116. The molecule has 0 saturated heterocycles. The highest BCUT2D eigenvalue weighted by Crippen LogP contribution is 2.33. The van der Waals surface area contributed by atoms with E-state index in [1.807, 2.05) is 6.07 Å². The maximum atomic E-state index is 9.51. The SMILES string of the molecule is COc1c(Br)cc(Br)cc1CNC1CCC(O)CC1.Cl. The maximum absolute atomic E-state index is 9.51. The lowest BCUT2D eigenvalue weighted by atomic mass is 9.93. The van der Waals surface area contributed by atoms with Gasteiger partial charge in [-0.3, -0.25) is 0 Å². The molecule has 6 heteroatoms. The van der Waals surface area contributed by atoms with Gasteiger partial charge in [0.15, 0.2) is 0 Å². The van der Waals surface area contributed by atoms with Gasteiger partial charge in [-0.05, 0) is 53.7 Å². The highest BCUT2D eigenvalue weighted by molar-refractivity contribution is 9.11. The fraction of sp³-hybridized carbons (Fsp3) is 0.571. The molecule has 0 unspecified atom stereocenters. The van der Waals surface area contributed by atoms with Crippen LogP contribution in [0.4, 0.5) is 0 Å². The van der Waals surface area contributed by atoms with E-state index in [0.29, 0.717) is 6.04 Å². The average molecular weight is 430 g/mol. The number of methoxy groups -OCH3 is 1.